The van der Waals surface area contributed by atoms with E-state index in [1.807, 2.05) is 4.90 Å². The van der Waals surface area contributed by atoms with E-state index in [4.69, 9.17) is 5.73 Å². The summed E-state index contributed by atoms with van der Waals surface area (Å²) in [7, 11) is 0. The molecular weight excluding hydrogens is 272 g/mol. The minimum atomic E-state index is 0.250. The number of carbonyl (C=O) groups excluding carboxylic acids is 1. The summed E-state index contributed by atoms with van der Waals surface area (Å²) in [5, 5.41) is 0. The lowest BCUT2D eigenvalue weighted by Crippen LogP contribution is -2.48. The molecule has 0 radical (unpaired) electrons. The highest BCUT2D eigenvalue weighted by Crippen LogP contribution is 2.25. The number of benzene rings is 1. The van der Waals surface area contributed by atoms with E-state index >= 15 is 0 Å². The third-order valence-corrected chi connectivity index (χ3v) is 4.89. The average Bonchev–Trinajstić information content (AvgIpc) is 2.47. The van der Waals surface area contributed by atoms with Crippen LogP contribution in [0, 0.1) is 0 Å². The Balaban J connectivity index is 1.96. The van der Waals surface area contributed by atoms with Crippen molar-refractivity contribution in [2.75, 3.05) is 6.54 Å². The summed E-state index contributed by atoms with van der Waals surface area (Å²) < 4.78 is 0. The van der Waals surface area contributed by atoms with Gasteiger partial charge in [-0.1, -0.05) is 45.0 Å². The van der Waals surface area contributed by atoms with Crippen molar-refractivity contribution in [2.45, 2.75) is 70.9 Å². The Labute approximate surface area is 134 Å². The molecule has 3 nitrogen and oxygen atoms in total. The van der Waals surface area contributed by atoms with Crippen LogP contribution < -0.4 is 5.73 Å². The van der Waals surface area contributed by atoms with Crippen LogP contribution in [0.15, 0.2) is 24.3 Å². The largest absolute Gasteiger partial charge is 0.340 e. The standard InChI is InChI=1S/C19H30N2O/c1-13(2)16-5-7-17(8-6-16)14(3)11-19(22)21-10-9-18(20)12-15(21)4/h5-8,13-15,18H,9-12,20H2,1-4H3/t14-,15+,18+/m1/s1. The lowest BCUT2D eigenvalue weighted by atomic mass is 9.92. The molecule has 22 heavy (non-hydrogen) atoms. The molecular formula is C19H30N2O. The maximum atomic E-state index is 12.6. The first-order valence-electron chi connectivity index (χ1n) is 8.53. The van der Waals surface area contributed by atoms with E-state index in [0.717, 1.165) is 19.4 Å². The van der Waals surface area contributed by atoms with Gasteiger partial charge in [0.25, 0.3) is 0 Å². The predicted molar refractivity (Wildman–Crippen MR) is 91.9 cm³/mol. The summed E-state index contributed by atoms with van der Waals surface area (Å²) in [5.41, 5.74) is 8.58. The average molecular weight is 302 g/mol. The molecule has 1 heterocycles. The van der Waals surface area contributed by atoms with Crippen molar-refractivity contribution in [1.82, 2.24) is 4.90 Å². The molecule has 1 aliphatic rings. The first-order chi connectivity index (χ1) is 10.4. The van der Waals surface area contributed by atoms with Crippen LogP contribution in [0.4, 0.5) is 0 Å². The monoisotopic (exact) mass is 302 g/mol. The van der Waals surface area contributed by atoms with E-state index in [-0.39, 0.29) is 23.9 Å². The van der Waals surface area contributed by atoms with Crippen LogP contribution in [0.5, 0.6) is 0 Å². The maximum absolute atomic E-state index is 12.6. The van der Waals surface area contributed by atoms with Crippen molar-refractivity contribution in [3.63, 3.8) is 0 Å². The van der Waals surface area contributed by atoms with Crippen molar-refractivity contribution in [2.24, 2.45) is 5.73 Å². The number of carbonyl (C=O) groups is 1. The molecule has 0 aromatic heterocycles. The Bertz CT molecular complexity index is 495. The second-order valence-electron chi connectivity index (χ2n) is 7.15. The molecule has 0 bridgehead atoms. The van der Waals surface area contributed by atoms with E-state index < -0.39 is 0 Å². The van der Waals surface area contributed by atoms with Gasteiger partial charge in [-0.05, 0) is 42.7 Å². The van der Waals surface area contributed by atoms with Crippen molar-refractivity contribution in [3.8, 4) is 0 Å². The summed E-state index contributed by atoms with van der Waals surface area (Å²) in [4.78, 5) is 14.6. The van der Waals surface area contributed by atoms with E-state index in [2.05, 4.69) is 52.0 Å². The summed E-state index contributed by atoms with van der Waals surface area (Å²) in [6, 6.07) is 9.23. The van der Waals surface area contributed by atoms with Crippen LogP contribution in [-0.2, 0) is 4.79 Å². The Hall–Kier alpha value is -1.35. The minimum Gasteiger partial charge on any atom is -0.340 e. The van der Waals surface area contributed by atoms with Crippen LogP contribution >= 0.6 is 0 Å². The topological polar surface area (TPSA) is 46.3 Å². The Kier molecular flexibility index (Phi) is 5.63. The van der Waals surface area contributed by atoms with Crippen molar-refractivity contribution in [3.05, 3.63) is 35.4 Å². The van der Waals surface area contributed by atoms with Crippen LogP contribution in [0.1, 0.15) is 69.9 Å². The zero-order chi connectivity index (χ0) is 16.3. The lowest BCUT2D eigenvalue weighted by Gasteiger charge is -2.37. The van der Waals surface area contributed by atoms with Gasteiger partial charge in [0.2, 0.25) is 5.91 Å². The van der Waals surface area contributed by atoms with Gasteiger partial charge in [0.05, 0.1) is 0 Å². The van der Waals surface area contributed by atoms with E-state index in [1.165, 1.54) is 11.1 Å². The Morgan fingerprint density at radius 1 is 1.23 bits per heavy atom. The molecule has 1 aromatic rings. The molecule has 122 valence electrons. The number of piperidine rings is 1. The number of likely N-dealkylation sites (tertiary alicyclic amines) is 1. The molecule has 2 rings (SSSR count). The number of hydrogen-bond acceptors (Lipinski definition) is 2. The first-order valence-corrected chi connectivity index (χ1v) is 8.53. The molecule has 1 saturated heterocycles. The van der Waals surface area contributed by atoms with Crippen LogP contribution in [0.25, 0.3) is 0 Å². The zero-order valence-corrected chi connectivity index (χ0v) is 14.4. The van der Waals surface area contributed by atoms with Gasteiger partial charge >= 0.3 is 0 Å². The van der Waals surface area contributed by atoms with Gasteiger partial charge in [-0.15, -0.1) is 0 Å². The highest BCUT2D eigenvalue weighted by atomic mass is 16.2. The van der Waals surface area contributed by atoms with Crippen LogP contribution in [0.2, 0.25) is 0 Å². The second kappa shape index (κ2) is 7.28. The quantitative estimate of drug-likeness (QED) is 0.923. The summed E-state index contributed by atoms with van der Waals surface area (Å²) >= 11 is 0. The highest BCUT2D eigenvalue weighted by Gasteiger charge is 2.27. The fraction of sp³-hybridized carbons (Fsp3) is 0.632. The number of amides is 1. The number of hydrogen-bond donors (Lipinski definition) is 1. The lowest BCUT2D eigenvalue weighted by molar-refractivity contribution is -0.134. The molecule has 0 saturated carbocycles. The Morgan fingerprint density at radius 3 is 2.36 bits per heavy atom. The molecule has 1 amide bonds. The van der Waals surface area contributed by atoms with Gasteiger partial charge in [-0.2, -0.15) is 0 Å². The normalized spacial score (nSPS) is 23.6. The van der Waals surface area contributed by atoms with E-state index in [0.29, 0.717) is 12.3 Å². The number of rotatable bonds is 4. The smallest absolute Gasteiger partial charge is 0.223 e. The van der Waals surface area contributed by atoms with Crippen molar-refractivity contribution >= 4 is 5.91 Å². The second-order valence-corrected chi connectivity index (χ2v) is 7.15. The van der Waals surface area contributed by atoms with Gasteiger partial charge in [-0.25, -0.2) is 0 Å². The Morgan fingerprint density at radius 2 is 1.82 bits per heavy atom. The summed E-state index contributed by atoms with van der Waals surface area (Å²) in [6.45, 7) is 9.46. The van der Waals surface area contributed by atoms with Crippen molar-refractivity contribution < 1.29 is 4.79 Å². The van der Waals surface area contributed by atoms with Gasteiger partial charge in [-0.3, -0.25) is 4.79 Å². The fourth-order valence-corrected chi connectivity index (χ4v) is 3.29. The van der Waals surface area contributed by atoms with Crippen LogP contribution in [-0.4, -0.2) is 29.4 Å². The third-order valence-electron chi connectivity index (χ3n) is 4.89. The maximum Gasteiger partial charge on any atom is 0.223 e. The number of nitrogens with zero attached hydrogens (tertiary/aromatic N) is 1. The number of nitrogens with two attached hydrogens (primary N) is 1. The molecule has 3 heteroatoms. The van der Waals surface area contributed by atoms with Gasteiger partial charge in [0, 0.05) is 25.0 Å². The van der Waals surface area contributed by atoms with Gasteiger partial charge in [0.15, 0.2) is 0 Å². The highest BCUT2D eigenvalue weighted by molar-refractivity contribution is 5.77. The summed E-state index contributed by atoms with van der Waals surface area (Å²) in [6.07, 6.45) is 2.43. The fourth-order valence-electron chi connectivity index (χ4n) is 3.29. The third kappa shape index (κ3) is 4.10. The molecule has 1 aliphatic heterocycles. The molecule has 0 aliphatic carbocycles. The minimum absolute atomic E-state index is 0.250. The molecule has 1 fully saturated rings. The molecule has 0 unspecified atom stereocenters. The molecule has 1 aromatic carbocycles. The molecule has 0 spiro atoms. The van der Waals surface area contributed by atoms with Crippen LogP contribution in [0.3, 0.4) is 0 Å². The van der Waals surface area contributed by atoms with E-state index in [1.54, 1.807) is 0 Å². The summed E-state index contributed by atoms with van der Waals surface area (Å²) in [5.74, 6) is 1.07. The van der Waals surface area contributed by atoms with E-state index in [9.17, 15) is 4.79 Å². The van der Waals surface area contributed by atoms with Crippen molar-refractivity contribution in [1.29, 1.82) is 0 Å². The zero-order valence-electron chi connectivity index (χ0n) is 14.4. The predicted octanol–water partition coefficient (Wildman–Crippen LogP) is 3.64. The van der Waals surface area contributed by atoms with Gasteiger partial charge in [0.1, 0.15) is 0 Å². The molecule has 2 N–H and O–H groups in total. The van der Waals surface area contributed by atoms with Gasteiger partial charge < -0.3 is 10.6 Å². The first kappa shape index (κ1) is 17.0. The molecule has 3 atom stereocenters. The SMILES string of the molecule is CC(C)c1ccc([C@H](C)CC(=O)N2CC[C@H](N)C[C@@H]2C)cc1.